The van der Waals surface area contributed by atoms with E-state index in [1.165, 1.54) is 12.8 Å². The number of hydrogen-bond acceptors (Lipinski definition) is 1. The van der Waals surface area contributed by atoms with E-state index in [2.05, 4.69) is 45.0 Å². The van der Waals surface area contributed by atoms with Gasteiger partial charge in [-0.05, 0) is 37.7 Å². The summed E-state index contributed by atoms with van der Waals surface area (Å²) in [5.41, 5.74) is 4.15. The molecule has 2 fully saturated rings. The van der Waals surface area contributed by atoms with Gasteiger partial charge in [0, 0.05) is 4.50 Å². The fourth-order valence-electron chi connectivity index (χ4n) is 3.51. The molecule has 0 aliphatic carbocycles. The predicted octanol–water partition coefficient (Wildman–Crippen LogP) is 5.38. The van der Waals surface area contributed by atoms with E-state index in [4.69, 9.17) is 16.3 Å². The van der Waals surface area contributed by atoms with Gasteiger partial charge in [0.05, 0.1) is 28.4 Å². The zero-order valence-electron chi connectivity index (χ0n) is 14.1. The Bertz CT molecular complexity index is 394. The zero-order chi connectivity index (χ0) is 15.2. The first-order valence-electron chi connectivity index (χ1n) is 8.06. The molecule has 2 aliphatic heterocycles. The van der Waals surface area contributed by atoms with Gasteiger partial charge in [0.1, 0.15) is 0 Å². The maximum Gasteiger partial charge on any atom is 0.0785 e. The summed E-state index contributed by atoms with van der Waals surface area (Å²) >= 11 is 7.07. The van der Waals surface area contributed by atoms with Gasteiger partial charge in [-0.15, -0.1) is 11.6 Å². The largest absolute Gasteiger partial charge is 0.371 e. The van der Waals surface area contributed by atoms with E-state index in [0.717, 1.165) is 19.3 Å². The quantitative estimate of drug-likeness (QED) is 0.488. The SMILES string of the molecule is C[Si](C)(C)/C=C1\CC[C@@H]2CC(Cl)([Si](C)(C)C)CC[C@H]1O2. The third-order valence-corrected chi connectivity index (χ3v) is 11.3. The molecule has 4 heteroatoms. The fraction of sp³-hybridized carbons (Fsp3) is 0.875. The van der Waals surface area contributed by atoms with Crippen molar-refractivity contribution in [1.29, 1.82) is 0 Å². The van der Waals surface area contributed by atoms with E-state index in [1.54, 1.807) is 5.57 Å². The molecule has 0 aromatic heterocycles. The molecule has 1 nitrogen and oxygen atoms in total. The molecular formula is C16H31ClOSi2. The van der Waals surface area contributed by atoms with E-state index < -0.39 is 16.1 Å². The minimum Gasteiger partial charge on any atom is -0.371 e. The van der Waals surface area contributed by atoms with Gasteiger partial charge in [-0.2, -0.15) is 0 Å². The maximum atomic E-state index is 7.07. The van der Waals surface area contributed by atoms with Crippen LogP contribution in [0.3, 0.4) is 0 Å². The Hall–Kier alpha value is 0.424. The summed E-state index contributed by atoms with van der Waals surface area (Å²) in [5, 5.41) is 0. The van der Waals surface area contributed by atoms with Crippen molar-refractivity contribution in [3.8, 4) is 0 Å². The monoisotopic (exact) mass is 330 g/mol. The van der Waals surface area contributed by atoms with Crippen LogP contribution in [-0.4, -0.2) is 32.9 Å². The van der Waals surface area contributed by atoms with Gasteiger partial charge in [-0.25, -0.2) is 0 Å². The van der Waals surface area contributed by atoms with Gasteiger partial charge in [0.15, 0.2) is 0 Å². The van der Waals surface area contributed by atoms with Gasteiger partial charge in [0.2, 0.25) is 0 Å². The lowest BCUT2D eigenvalue weighted by atomic mass is 9.98. The van der Waals surface area contributed by atoms with Crippen molar-refractivity contribution in [2.24, 2.45) is 0 Å². The molecular weight excluding hydrogens is 300 g/mol. The summed E-state index contributed by atoms with van der Waals surface area (Å²) in [7, 11) is -2.52. The molecule has 0 N–H and O–H groups in total. The Balaban J connectivity index is 2.20. The summed E-state index contributed by atoms with van der Waals surface area (Å²) in [4.78, 5) is 0. The molecule has 0 saturated carbocycles. The van der Waals surface area contributed by atoms with Crippen molar-refractivity contribution in [1.82, 2.24) is 0 Å². The number of alkyl halides is 1. The molecule has 116 valence electrons. The van der Waals surface area contributed by atoms with Gasteiger partial charge >= 0.3 is 0 Å². The minimum atomic E-state index is -1.37. The number of fused-ring (bicyclic) bond motifs is 2. The minimum absolute atomic E-state index is 0.0288. The van der Waals surface area contributed by atoms with E-state index >= 15 is 0 Å². The van der Waals surface area contributed by atoms with Crippen LogP contribution in [0.4, 0.5) is 0 Å². The highest BCUT2D eigenvalue weighted by Crippen LogP contribution is 2.45. The van der Waals surface area contributed by atoms with E-state index in [9.17, 15) is 0 Å². The average molecular weight is 331 g/mol. The average Bonchev–Trinajstić information content (AvgIpc) is 2.39. The third kappa shape index (κ3) is 3.79. The van der Waals surface area contributed by atoms with Gasteiger partial charge in [-0.3, -0.25) is 0 Å². The Morgan fingerprint density at radius 2 is 1.80 bits per heavy atom. The molecule has 1 unspecified atom stereocenters. The second kappa shape index (κ2) is 5.56. The predicted molar refractivity (Wildman–Crippen MR) is 95.1 cm³/mol. The van der Waals surface area contributed by atoms with Crippen LogP contribution in [-0.2, 0) is 4.74 Å². The summed E-state index contributed by atoms with van der Waals surface area (Å²) < 4.78 is 6.42. The van der Waals surface area contributed by atoms with Crippen molar-refractivity contribution < 1.29 is 4.74 Å². The highest BCUT2D eigenvalue weighted by atomic mass is 35.5. The molecule has 2 bridgehead atoms. The van der Waals surface area contributed by atoms with Gasteiger partial charge < -0.3 is 4.74 Å². The molecule has 2 saturated heterocycles. The lowest BCUT2D eigenvalue weighted by Crippen LogP contribution is -2.49. The summed E-state index contributed by atoms with van der Waals surface area (Å²) in [6, 6.07) is 0. The van der Waals surface area contributed by atoms with E-state index in [-0.39, 0.29) is 4.50 Å². The Kier molecular flexibility index (Phi) is 4.67. The van der Waals surface area contributed by atoms with Crippen molar-refractivity contribution in [2.75, 3.05) is 0 Å². The molecule has 0 amide bonds. The zero-order valence-corrected chi connectivity index (χ0v) is 16.8. The first-order valence-corrected chi connectivity index (χ1v) is 15.5. The topological polar surface area (TPSA) is 9.23 Å². The van der Waals surface area contributed by atoms with Crippen LogP contribution in [0.5, 0.6) is 0 Å². The van der Waals surface area contributed by atoms with Crippen molar-refractivity contribution >= 4 is 27.7 Å². The Morgan fingerprint density at radius 3 is 2.35 bits per heavy atom. The number of rotatable bonds is 2. The highest BCUT2D eigenvalue weighted by Gasteiger charge is 2.47. The van der Waals surface area contributed by atoms with Crippen LogP contribution >= 0.6 is 11.6 Å². The molecule has 20 heavy (non-hydrogen) atoms. The van der Waals surface area contributed by atoms with Crippen LogP contribution in [0.1, 0.15) is 32.1 Å². The van der Waals surface area contributed by atoms with E-state index in [0.29, 0.717) is 12.2 Å². The highest BCUT2D eigenvalue weighted by molar-refractivity contribution is 6.86. The number of hydrogen-bond donors (Lipinski definition) is 0. The normalized spacial score (nSPS) is 37.9. The van der Waals surface area contributed by atoms with Crippen LogP contribution < -0.4 is 0 Å². The Morgan fingerprint density at radius 1 is 1.15 bits per heavy atom. The van der Waals surface area contributed by atoms with Crippen LogP contribution in [0, 0.1) is 0 Å². The third-order valence-electron chi connectivity index (χ3n) is 4.84. The maximum absolute atomic E-state index is 7.07. The second-order valence-corrected chi connectivity index (χ2v) is 20.3. The summed E-state index contributed by atoms with van der Waals surface area (Å²) in [5.74, 6) is 0. The standard InChI is InChI=1S/C16H31ClOSi2/c1-19(2,3)12-13-7-8-14-11-16(17,20(4,5)6)10-9-15(13)18-14/h12,14-15H,7-11H2,1-6H3/b13-12+/t14-,15-,16?/m1/s1. The van der Waals surface area contributed by atoms with Crippen LogP contribution in [0.25, 0.3) is 0 Å². The first kappa shape index (κ1) is 16.8. The molecule has 0 aromatic rings. The summed E-state index contributed by atoms with van der Waals surface area (Å²) in [6.07, 6.45) is 6.49. The van der Waals surface area contributed by atoms with Crippen LogP contribution in [0.15, 0.2) is 11.3 Å². The lowest BCUT2D eigenvalue weighted by Gasteiger charge is -2.39. The molecule has 0 spiro atoms. The van der Waals surface area contributed by atoms with Gasteiger partial charge in [0.25, 0.3) is 0 Å². The Labute approximate surface area is 132 Å². The molecule has 2 rings (SSSR count). The van der Waals surface area contributed by atoms with E-state index in [1.807, 2.05) is 0 Å². The van der Waals surface area contributed by atoms with Gasteiger partial charge in [-0.1, -0.05) is 45.0 Å². The number of halogens is 1. The molecule has 2 aliphatic rings. The van der Waals surface area contributed by atoms with Crippen molar-refractivity contribution in [3.05, 3.63) is 11.3 Å². The lowest BCUT2D eigenvalue weighted by molar-refractivity contribution is -0.0148. The fourth-order valence-corrected chi connectivity index (χ4v) is 6.96. The summed E-state index contributed by atoms with van der Waals surface area (Å²) in [6.45, 7) is 14.5. The second-order valence-electron chi connectivity index (χ2n) is 8.83. The first-order chi connectivity index (χ1) is 9.00. The molecule has 0 aromatic carbocycles. The molecule has 3 atom stereocenters. The number of ether oxygens (including phenoxy) is 1. The van der Waals surface area contributed by atoms with Crippen molar-refractivity contribution in [2.45, 2.75) is 88.1 Å². The smallest absolute Gasteiger partial charge is 0.0785 e. The molecule has 2 heterocycles. The van der Waals surface area contributed by atoms with Crippen molar-refractivity contribution in [3.63, 3.8) is 0 Å². The molecule has 0 radical (unpaired) electrons. The van der Waals surface area contributed by atoms with Crippen LogP contribution in [0.2, 0.25) is 39.3 Å².